The van der Waals surface area contributed by atoms with Gasteiger partial charge in [0.25, 0.3) is 0 Å². The Morgan fingerprint density at radius 2 is 2.38 bits per heavy atom. The van der Waals surface area contributed by atoms with Gasteiger partial charge in [-0.05, 0) is 25.8 Å². The van der Waals surface area contributed by atoms with E-state index >= 15 is 0 Å². The summed E-state index contributed by atoms with van der Waals surface area (Å²) in [4.78, 5) is 0. The van der Waals surface area contributed by atoms with Crippen LogP contribution >= 0.6 is 0 Å². The van der Waals surface area contributed by atoms with Crippen LogP contribution in [0.25, 0.3) is 5.73 Å². The standard InChI is InChI=1S/C11H18N3O.Ac/c1-11(2,12)7-8-6-10(14-15-8)9-4-3-5-13-9;/h6,9,12-13H,3-5,7H2,1-2H3;/q-1;. The van der Waals surface area contributed by atoms with Crippen molar-refractivity contribution in [3.63, 3.8) is 0 Å². The minimum absolute atomic E-state index is 0. The summed E-state index contributed by atoms with van der Waals surface area (Å²) in [5, 5.41) is 7.44. The van der Waals surface area contributed by atoms with Gasteiger partial charge in [-0.3, -0.25) is 0 Å². The molecule has 87 valence electrons. The van der Waals surface area contributed by atoms with Crippen LogP contribution in [0, 0.1) is 44.1 Å². The Bertz CT molecular complexity index is 326. The minimum Gasteiger partial charge on any atom is -0.672 e. The number of nitrogens with zero attached hydrogens (tertiary/aromatic N) is 1. The fourth-order valence-corrected chi connectivity index (χ4v) is 1.95. The van der Waals surface area contributed by atoms with Gasteiger partial charge in [-0.15, -0.1) is 5.54 Å². The van der Waals surface area contributed by atoms with E-state index < -0.39 is 5.54 Å². The SMILES string of the molecule is CC(C)([NH-])Cc1cc(C2CCCN2)no1.[Ac]. The molecule has 0 bridgehead atoms. The van der Waals surface area contributed by atoms with Gasteiger partial charge in [0, 0.05) is 50.1 Å². The van der Waals surface area contributed by atoms with E-state index in [0.717, 1.165) is 24.4 Å². The molecule has 4 nitrogen and oxygen atoms in total. The first-order valence-electron chi connectivity index (χ1n) is 5.48. The number of aromatic nitrogens is 1. The molecule has 1 aliphatic heterocycles. The van der Waals surface area contributed by atoms with E-state index in [0.29, 0.717) is 12.5 Å². The molecule has 1 aromatic heterocycles. The van der Waals surface area contributed by atoms with E-state index in [-0.39, 0.29) is 44.1 Å². The first-order valence-corrected chi connectivity index (χ1v) is 5.48. The fourth-order valence-electron chi connectivity index (χ4n) is 1.95. The van der Waals surface area contributed by atoms with E-state index in [9.17, 15) is 0 Å². The third kappa shape index (κ3) is 4.10. The van der Waals surface area contributed by atoms with Crippen molar-refractivity contribution in [2.75, 3.05) is 6.54 Å². The largest absolute Gasteiger partial charge is 0.672 e. The van der Waals surface area contributed by atoms with E-state index in [1.165, 1.54) is 6.42 Å². The second-order valence-corrected chi connectivity index (χ2v) is 4.93. The zero-order chi connectivity index (χ0) is 10.9. The van der Waals surface area contributed by atoms with Crippen molar-refractivity contribution in [2.24, 2.45) is 0 Å². The van der Waals surface area contributed by atoms with Gasteiger partial charge in [0.15, 0.2) is 0 Å². The molecule has 2 N–H and O–H groups in total. The van der Waals surface area contributed by atoms with Crippen LogP contribution in [0.15, 0.2) is 10.6 Å². The van der Waals surface area contributed by atoms with E-state index in [1.54, 1.807) is 0 Å². The normalized spacial score (nSPS) is 20.8. The van der Waals surface area contributed by atoms with Crippen molar-refractivity contribution in [1.82, 2.24) is 10.5 Å². The van der Waals surface area contributed by atoms with Crippen LogP contribution in [0.5, 0.6) is 0 Å². The van der Waals surface area contributed by atoms with Gasteiger partial charge >= 0.3 is 0 Å². The number of hydrogen-bond acceptors (Lipinski definition) is 3. The zero-order valence-corrected chi connectivity index (χ0v) is 14.7. The summed E-state index contributed by atoms with van der Waals surface area (Å²) < 4.78 is 5.24. The second kappa shape index (κ2) is 5.95. The molecule has 1 atom stereocenters. The molecule has 16 heavy (non-hydrogen) atoms. The van der Waals surface area contributed by atoms with Crippen LogP contribution in [0.1, 0.15) is 44.2 Å². The molecule has 1 aliphatic rings. The van der Waals surface area contributed by atoms with Crippen LogP contribution in [0.2, 0.25) is 0 Å². The van der Waals surface area contributed by atoms with Crippen LogP contribution in [0.3, 0.4) is 0 Å². The second-order valence-electron chi connectivity index (χ2n) is 4.93. The Balaban J connectivity index is 0.00000128. The van der Waals surface area contributed by atoms with Crippen LogP contribution in [-0.4, -0.2) is 17.2 Å². The third-order valence-electron chi connectivity index (χ3n) is 2.61. The Labute approximate surface area is 132 Å². The molecule has 0 spiro atoms. The number of hydrogen-bond donors (Lipinski definition) is 1. The van der Waals surface area contributed by atoms with Crippen molar-refractivity contribution in [3.05, 3.63) is 23.3 Å². The summed E-state index contributed by atoms with van der Waals surface area (Å²) >= 11 is 0. The van der Waals surface area contributed by atoms with Gasteiger partial charge in [-0.1, -0.05) is 19.0 Å². The van der Waals surface area contributed by atoms with E-state index in [1.807, 2.05) is 19.9 Å². The average Bonchev–Trinajstić information content (AvgIpc) is 2.68. The molecule has 2 heterocycles. The summed E-state index contributed by atoms with van der Waals surface area (Å²) in [6.07, 6.45) is 2.96. The maximum atomic E-state index is 7.78. The smallest absolute Gasteiger partial charge is 0.135 e. The van der Waals surface area contributed by atoms with Crippen molar-refractivity contribution in [1.29, 1.82) is 0 Å². The molecule has 1 fully saturated rings. The molecule has 0 amide bonds. The summed E-state index contributed by atoms with van der Waals surface area (Å²) in [7, 11) is 0. The number of nitrogens with one attached hydrogen (secondary N) is 2. The summed E-state index contributed by atoms with van der Waals surface area (Å²) in [6.45, 7) is 4.82. The molecular formula is C11H18AcN3O-. The Hall–Kier alpha value is 0.572. The van der Waals surface area contributed by atoms with Gasteiger partial charge in [-0.2, -0.15) is 0 Å². The molecule has 2 rings (SSSR count). The molecule has 1 aromatic rings. The molecule has 0 saturated carbocycles. The zero-order valence-electron chi connectivity index (χ0n) is 9.92. The van der Waals surface area contributed by atoms with Crippen LogP contribution < -0.4 is 5.32 Å². The number of rotatable bonds is 3. The summed E-state index contributed by atoms with van der Waals surface area (Å²) in [5.74, 6) is 0.818. The van der Waals surface area contributed by atoms with Gasteiger partial charge < -0.3 is 15.6 Å². The molecule has 5 heteroatoms. The van der Waals surface area contributed by atoms with Crippen molar-refractivity contribution in [3.8, 4) is 0 Å². The molecule has 1 unspecified atom stereocenters. The van der Waals surface area contributed by atoms with Crippen molar-refractivity contribution >= 4 is 0 Å². The predicted octanol–water partition coefficient (Wildman–Crippen LogP) is 2.47. The van der Waals surface area contributed by atoms with Crippen LogP contribution in [-0.2, 0) is 6.42 Å². The molecule has 1 radical (unpaired) electrons. The average molecular weight is 435 g/mol. The summed E-state index contributed by atoms with van der Waals surface area (Å²) in [6, 6.07) is 2.34. The fraction of sp³-hybridized carbons (Fsp3) is 0.727. The van der Waals surface area contributed by atoms with Gasteiger partial charge in [0.2, 0.25) is 0 Å². The molecule has 0 aliphatic carbocycles. The van der Waals surface area contributed by atoms with Crippen molar-refractivity contribution < 1.29 is 48.6 Å². The maximum Gasteiger partial charge on any atom is 0.135 e. The van der Waals surface area contributed by atoms with Crippen molar-refractivity contribution in [2.45, 2.75) is 44.7 Å². The molecule has 1 saturated heterocycles. The topological polar surface area (TPSA) is 61.9 Å². The Morgan fingerprint density at radius 1 is 1.62 bits per heavy atom. The quantitative estimate of drug-likeness (QED) is 0.794. The molecular weight excluding hydrogens is 417 g/mol. The predicted molar refractivity (Wildman–Crippen MR) is 58.6 cm³/mol. The minimum atomic E-state index is -0.486. The summed E-state index contributed by atoms with van der Waals surface area (Å²) in [5.41, 5.74) is 8.29. The Kier molecular flexibility index (Phi) is 5.44. The Morgan fingerprint density at radius 3 is 2.94 bits per heavy atom. The maximum absolute atomic E-state index is 7.78. The van der Waals surface area contributed by atoms with E-state index in [4.69, 9.17) is 10.3 Å². The van der Waals surface area contributed by atoms with Gasteiger partial charge in [0.05, 0.1) is 6.04 Å². The molecule has 0 aromatic carbocycles. The monoisotopic (exact) mass is 435 g/mol. The van der Waals surface area contributed by atoms with Gasteiger partial charge in [-0.25, -0.2) is 0 Å². The van der Waals surface area contributed by atoms with Gasteiger partial charge in [0.1, 0.15) is 11.5 Å². The first-order chi connectivity index (χ1) is 7.04. The first kappa shape index (κ1) is 14.6. The van der Waals surface area contributed by atoms with E-state index in [2.05, 4.69) is 10.5 Å². The van der Waals surface area contributed by atoms with Crippen LogP contribution in [0.4, 0.5) is 0 Å². The third-order valence-corrected chi connectivity index (χ3v) is 2.61.